The largest absolute Gasteiger partial charge is 0.497 e. The van der Waals surface area contributed by atoms with E-state index in [1.807, 2.05) is 71.5 Å². The van der Waals surface area contributed by atoms with E-state index < -0.39 is 6.10 Å². The minimum absolute atomic E-state index is 0.450. The Bertz CT molecular complexity index is 771. The maximum Gasteiger partial charge on any atom is 0.119 e. The first-order valence-corrected chi connectivity index (χ1v) is 7.89. The molecule has 1 unspecified atom stereocenters. The first kappa shape index (κ1) is 16.2. The Morgan fingerprint density at radius 2 is 1.96 bits per heavy atom. The zero-order valence-electron chi connectivity index (χ0n) is 13.6. The highest BCUT2D eigenvalue weighted by Crippen LogP contribution is 2.18. The number of hydrogen-bond donors (Lipinski definition) is 2. The number of ether oxygens (including phenoxy) is 1. The van der Waals surface area contributed by atoms with Gasteiger partial charge in [0.2, 0.25) is 0 Å². The molecule has 124 valence electrons. The van der Waals surface area contributed by atoms with Gasteiger partial charge in [0.05, 0.1) is 24.6 Å². The lowest BCUT2D eigenvalue weighted by molar-refractivity contribution is 0.174. The van der Waals surface area contributed by atoms with Gasteiger partial charge >= 0.3 is 0 Å². The van der Waals surface area contributed by atoms with Crippen LogP contribution in [0.5, 0.6) is 5.75 Å². The van der Waals surface area contributed by atoms with Crippen molar-refractivity contribution < 1.29 is 9.84 Å². The molecule has 0 saturated carbocycles. The summed E-state index contributed by atoms with van der Waals surface area (Å²) in [6.45, 7) is 1.05. The van der Waals surface area contributed by atoms with Gasteiger partial charge in [-0.2, -0.15) is 5.10 Å². The van der Waals surface area contributed by atoms with E-state index in [0.29, 0.717) is 13.1 Å². The number of benzene rings is 2. The molecule has 0 amide bonds. The molecule has 1 heterocycles. The molecule has 3 aromatic rings. The van der Waals surface area contributed by atoms with Crippen LogP contribution in [-0.2, 0) is 6.54 Å². The lowest BCUT2D eigenvalue weighted by Crippen LogP contribution is -2.21. The molecule has 3 rings (SSSR count). The van der Waals surface area contributed by atoms with Crippen LogP contribution in [0.1, 0.15) is 17.4 Å². The third-order valence-corrected chi connectivity index (χ3v) is 3.79. The molecule has 0 saturated heterocycles. The Morgan fingerprint density at radius 3 is 2.75 bits per heavy atom. The first-order valence-electron chi connectivity index (χ1n) is 7.89. The zero-order chi connectivity index (χ0) is 16.8. The van der Waals surface area contributed by atoms with E-state index in [0.717, 1.165) is 22.7 Å². The lowest BCUT2D eigenvalue weighted by atomic mass is 10.1. The van der Waals surface area contributed by atoms with Crippen molar-refractivity contribution in [2.75, 3.05) is 13.7 Å². The number of hydrogen-bond acceptors (Lipinski definition) is 4. The molecular formula is C19H21N3O2. The number of rotatable bonds is 7. The average Bonchev–Trinajstić information content (AvgIpc) is 3.11. The molecule has 0 aliphatic heterocycles. The predicted molar refractivity (Wildman–Crippen MR) is 93.2 cm³/mol. The van der Waals surface area contributed by atoms with Crippen molar-refractivity contribution in [2.24, 2.45) is 0 Å². The molecule has 24 heavy (non-hydrogen) atoms. The van der Waals surface area contributed by atoms with Gasteiger partial charge in [0.25, 0.3) is 0 Å². The molecule has 1 atom stereocenters. The van der Waals surface area contributed by atoms with Gasteiger partial charge in [-0.05, 0) is 35.9 Å². The normalized spacial score (nSPS) is 12.1. The van der Waals surface area contributed by atoms with Crippen LogP contribution in [0.2, 0.25) is 0 Å². The van der Waals surface area contributed by atoms with Gasteiger partial charge in [-0.25, -0.2) is 4.68 Å². The number of aliphatic hydroxyl groups is 1. The third kappa shape index (κ3) is 4.01. The number of aromatic nitrogens is 2. The maximum atomic E-state index is 10.3. The maximum absolute atomic E-state index is 10.3. The predicted octanol–water partition coefficient (Wildman–Crippen LogP) is 2.70. The highest BCUT2D eigenvalue weighted by Gasteiger charge is 2.08. The van der Waals surface area contributed by atoms with Gasteiger partial charge in [0.1, 0.15) is 5.75 Å². The highest BCUT2D eigenvalue weighted by molar-refractivity contribution is 5.31. The number of methoxy groups -OCH3 is 1. The SMILES string of the molecule is COc1cccc(C(O)CNCc2ccn(-c3ccccc3)n2)c1. The Hall–Kier alpha value is -2.63. The van der Waals surface area contributed by atoms with E-state index in [1.165, 1.54) is 0 Å². The average molecular weight is 323 g/mol. The van der Waals surface area contributed by atoms with Crippen LogP contribution in [0.4, 0.5) is 0 Å². The topological polar surface area (TPSA) is 59.3 Å². The summed E-state index contributed by atoms with van der Waals surface area (Å²) in [5.41, 5.74) is 2.79. The Kier molecular flexibility index (Phi) is 5.25. The van der Waals surface area contributed by atoms with Crippen molar-refractivity contribution >= 4 is 0 Å². The Balaban J connectivity index is 1.54. The van der Waals surface area contributed by atoms with Gasteiger partial charge in [-0.1, -0.05) is 30.3 Å². The van der Waals surface area contributed by atoms with Gasteiger partial charge in [0.15, 0.2) is 0 Å². The molecule has 0 bridgehead atoms. The van der Waals surface area contributed by atoms with Crippen LogP contribution in [0.15, 0.2) is 66.9 Å². The fraction of sp³-hybridized carbons (Fsp3) is 0.211. The molecule has 2 aromatic carbocycles. The van der Waals surface area contributed by atoms with Crippen LogP contribution in [0, 0.1) is 0 Å². The summed E-state index contributed by atoms with van der Waals surface area (Å²) in [5.74, 6) is 0.744. The molecule has 0 radical (unpaired) electrons. The minimum atomic E-state index is -0.587. The molecule has 0 aliphatic carbocycles. The van der Waals surface area contributed by atoms with E-state index in [9.17, 15) is 5.11 Å². The zero-order valence-corrected chi connectivity index (χ0v) is 13.6. The Morgan fingerprint density at radius 1 is 1.12 bits per heavy atom. The van der Waals surface area contributed by atoms with E-state index in [2.05, 4.69) is 10.4 Å². The molecule has 5 nitrogen and oxygen atoms in total. The van der Waals surface area contributed by atoms with Gasteiger partial charge in [-0.15, -0.1) is 0 Å². The lowest BCUT2D eigenvalue weighted by Gasteiger charge is -2.12. The van der Waals surface area contributed by atoms with Crippen LogP contribution >= 0.6 is 0 Å². The summed E-state index contributed by atoms with van der Waals surface area (Å²) < 4.78 is 7.02. The van der Waals surface area contributed by atoms with Crippen molar-refractivity contribution in [3.8, 4) is 11.4 Å². The molecule has 0 spiro atoms. The fourth-order valence-corrected chi connectivity index (χ4v) is 2.48. The second kappa shape index (κ2) is 7.77. The van der Waals surface area contributed by atoms with Crippen molar-refractivity contribution in [2.45, 2.75) is 12.6 Å². The van der Waals surface area contributed by atoms with E-state index in [1.54, 1.807) is 7.11 Å². The van der Waals surface area contributed by atoms with Crippen molar-refractivity contribution in [3.63, 3.8) is 0 Å². The van der Waals surface area contributed by atoms with Crippen molar-refractivity contribution in [1.82, 2.24) is 15.1 Å². The van der Waals surface area contributed by atoms with Crippen LogP contribution in [0.25, 0.3) is 5.69 Å². The first-order chi connectivity index (χ1) is 11.8. The van der Waals surface area contributed by atoms with Crippen LogP contribution < -0.4 is 10.1 Å². The minimum Gasteiger partial charge on any atom is -0.497 e. The van der Waals surface area contributed by atoms with Gasteiger partial charge in [-0.3, -0.25) is 0 Å². The fourth-order valence-electron chi connectivity index (χ4n) is 2.48. The summed E-state index contributed by atoms with van der Waals surface area (Å²) >= 11 is 0. The summed E-state index contributed by atoms with van der Waals surface area (Å²) in [7, 11) is 1.62. The van der Waals surface area contributed by atoms with Crippen molar-refractivity contribution in [1.29, 1.82) is 0 Å². The smallest absolute Gasteiger partial charge is 0.119 e. The van der Waals surface area contributed by atoms with E-state index in [4.69, 9.17) is 4.74 Å². The number of aliphatic hydroxyl groups excluding tert-OH is 1. The summed E-state index contributed by atoms with van der Waals surface area (Å²) in [4.78, 5) is 0. The molecule has 1 aromatic heterocycles. The monoisotopic (exact) mass is 323 g/mol. The van der Waals surface area contributed by atoms with Gasteiger partial charge in [0, 0.05) is 19.3 Å². The van der Waals surface area contributed by atoms with Crippen LogP contribution in [-0.4, -0.2) is 28.5 Å². The van der Waals surface area contributed by atoms with Crippen molar-refractivity contribution in [3.05, 3.63) is 78.1 Å². The quantitative estimate of drug-likeness (QED) is 0.702. The van der Waals surface area contributed by atoms with Gasteiger partial charge < -0.3 is 15.2 Å². The summed E-state index contributed by atoms with van der Waals surface area (Å²) in [6, 6.07) is 19.4. The van der Waals surface area contributed by atoms with E-state index >= 15 is 0 Å². The molecular weight excluding hydrogens is 302 g/mol. The Labute approximate surface area is 141 Å². The number of nitrogens with one attached hydrogen (secondary N) is 1. The summed E-state index contributed by atoms with van der Waals surface area (Å²) in [5, 5.41) is 18.0. The molecule has 5 heteroatoms. The molecule has 0 aliphatic rings. The second-order valence-electron chi connectivity index (χ2n) is 5.51. The highest BCUT2D eigenvalue weighted by atomic mass is 16.5. The molecule has 0 fully saturated rings. The summed E-state index contributed by atoms with van der Waals surface area (Å²) in [6.07, 6.45) is 1.35. The number of nitrogens with zero attached hydrogens (tertiary/aromatic N) is 2. The molecule has 2 N–H and O–H groups in total. The number of para-hydroxylation sites is 1. The standard InChI is InChI=1S/C19H21N3O2/c1-24-18-9-5-6-15(12-18)19(23)14-20-13-16-10-11-22(21-16)17-7-3-2-4-8-17/h2-12,19-20,23H,13-14H2,1H3. The second-order valence-corrected chi connectivity index (χ2v) is 5.51. The van der Waals surface area contributed by atoms with Crippen LogP contribution in [0.3, 0.4) is 0 Å². The van der Waals surface area contributed by atoms with E-state index in [-0.39, 0.29) is 0 Å². The third-order valence-electron chi connectivity index (χ3n) is 3.79.